The zero-order valence-corrected chi connectivity index (χ0v) is 9.87. The summed E-state index contributed by atoms with van der Waals surface area (Å²) in [5, 5.41) is 12.2. The molecule has 0 radical (unpaired) electrons. The predicted molar refractivity (Wildman–Crippen MR) is 60.7 cm³/mol. The van der Waals surface area contributed by atoms with E-state index in [1.807, 2.05) is 0 Å². The van der Waals surface area contributed by atoms with Crippen molar-refractivity contribution in [3.63, 3.8) is 0 Å². The lowest BCUT2D eigenvalue weighted by molar-refractivity contribution is -0.143. The Balaban J connectivity index is 2.30. The van der Waals surface area contributed by atoms with E-state index in [1.54, 1.807) is 6.92 Å². The molecular weight excluding hydrogens is 204 g/mol. The zero-order chi connectivity index (χ0) is 11.8. The highest BCUT2D eigenvalue weighted by Gasteiger charge is 2.20. The van der Waals surface area contributed by atoms with Crippen molar-refractivity contribution >= 4 is 5.97 Å². The molecule has 0 amide bonds. The summed E-state index contributed by atoms with van der Waals surface area (Å²) in [5.41, 5.74) is 0. The van der Waals surface area contributed by atoms with Gasteiger partial charge in [-0.2, -0.15) is 5.26 Å². The lowest BCUT2D eigenvalue weighted by Gasteiger charge is -2.25. The van der Waals surface area contributed by atoms with E-state index < -0.39 is 6.04 Å². The fraction of sp³-hybridized carbons (Fsp3) is 0.833. The number of carbonyl (C=O) groups is 1. The first-order valence-corrected chi connectivity index (χ1v) is 6.07. The van der Waals surface area contributed by atoms with E-state index in [4.69, 9.17) is 10.00 Å². The van der Waals surface area contributed by atoms with Gasteiger partial charge in [0.05, 0.1) is 19.1 Å². The van der Waals surface area contributed by atoms with Gasteiger partial charge in [0.15, 0.2) is 0 Å². The minimum atomic E-state index is -0.401. The van der Waals surface area contributed by atoms with Crippen LogP contribution in [0.15, 0.2) is 0 Å². The Morgan fingerprint density at radius 3 is 2.75 bits per heavy atom. The number of esters is 1. The van der Waals surface area contributed by atoms with E-state index in [2.05, 4.69) is 11.4 Å². The normalized spacial score (nSPS) is 18.8. The Morgan fingerprint density at radius 2 is 2.19 bits per heavy atom. The molecule has 16 heavy (non-hydrogen) atoms. The highest BCUT2D eigenvalue weighted by molar-refractivity contribution is 5.70. The van der Waals surface area contributed by atoms with Gasteiger partial charge in [-0.05, 0) is 19.8 Å². The number of hydrogen-bond donors (Lipinski definition) is 1. The van der Waals surface area contributed by atoms with Gasteiger partial charge in [0.1, 0.15) is 6.04 Å². The van der Waals surface area contributed by atoms with Gasteiger partial charge in [-0.15, -0.1) is 0 Å². The van der Waals surface area contributed by atoms with Gasteiger partial charge in [0.25, 0.3) is 0 Å². The molecular formula is C12H20N2O2. The molecule has 0 saturated heterocycles. The summed E-state index contributed by atoms with van der Waals surface area (Å²) < 4.78 is 4.83. The summed E-state index contributed by atoms with van der Waals surface area (Å²) in [5.74, 6) is -0.294. The fourth-order valence-electron chi connectivity index (χ4n) is 2.08. The second kappa shape index (κ2) is 7.24. The van der Waals surface area contributed by atoms with E-state index >= 15 is 0 Å². The number of nitriles is 1. The maximum Gasteiger partial charge on any atom is 0.308 e. The summed E-state index contributed by atoms with van der Waals surface area (Å²) in [6.45, 7) is 2.15. The fourth-order valence-corrected chi connectivity index (χ4v) is 2.08. The Labute approximate surface area is 97.0 Å². The quantitative estimate of drug-likeness (QED) is 0.723. The smallest absolute Gasteiger partial charge is 0.308 e. The number of ether oxygens (including phenoxy) is 1. The molecule has 1 saturated carbocycles. The van der Waals surface area contributed by atoms with Crippen LogP contribution in [-0.4, -0.2) is 24.7 Å². The average molecular weight is 224 g/mol. The molecule has 1 aliphatic carbocycles. The lowest BCUT2D eigenvalue weighted by atomic mass is 9.95. The average Bonchev–Trinajstić information content (AvgIpc) is 2.30. The van der Waals surface area contributed by atoms with Gasteiger partial charge in [-0.1, -0.05) is 19.3 Å². The molecule has 0 aromatic carbocycles. The highest BCUT2D eigenvalue weighted by atomic mass is 16.5. The molecule has 4 heteroatoms. The van der Waals surface area contributed by atoms with Crippen molar-refractivity contribution in [2.24, 2.45) is 0 Å². The molecule has 0 aromatic rings. The van der Waals surface area contributed by atoms with Crippen molar-refractivity contribution in [2.45, 2.75) is 57.5 Å². The van der Waals surface area contributed by atoms with Crippen molar-refractivity contribution in [1.29, 1.82) is 5.26 Å². The molecule has 0 spiro atoms. The first kappa shape index (κ1) is 13.0. The zero-order valence-electron chi connectivity index (χ0n) is 9.87. The molecule has 1 fully saturated rings. The third-order valence-corrected chi connectivity index (χ3v) is 2.87. The largest absolute Gasteiger partial charge is 0.466 e. The Morgan fingerprint density at radius 1 is 1.50 bits per heavy atom. The molecule has 0 aliphatic heterocycles. The van der Waals surface area contributed by atoms with Gasteiger partial charge in [-0.25, -0.2) is 0 Å². The molecule has 1 rings (SSSR count). The van der Waals surface area contributed by atoms with E-state index in [0.717, 1.165) is 12.8 Å². The SMILES string of the molecule is CCOC(=O)CC(C#N)NC1CCCCC1. The molecule has 4 nitrogen and oxygen atoms in total. The Kier molecular flexibility index (Phi) is 5.87. The van der Waals surface area contributed by atoms with Gasteiger partial charge in [-0.3, -0.25) is 10.1 Å². The number of carbonyl (C=O) groups excluding carboxylic acids is 1. The third-order valence-electron chi connectivity index (χ3n) is 2.87. The van der Waals surface area contributed by atoms with Crippen molar-refractivity contribution in [3.05, 3.63) is 0 Å². The number of hydrogen-bond acceptors (Lipinski definition) is 4. The van der Waals surface area contributed by atoms with Crippen LogP contribution in [0.3, 0.4) is 0 Å². The second-order valence-corrected chi connectivity index (χ2v) is 4.19. The maximum absolute atomic E-state index is 11.2. The van der Waals surface area contributed by atoms with Gasteiger partial charge >= 0.3 is 5.97 Å². The molecule has 1 N–H and O–H groups in total. The van der Waals surface area contributed by atoms with Crippen LogP contribution >= 0.6 is 0 Å². The topological polar surface area (TPSA) is 62.1 Å². The minimum Gasteiger partial charge on any atom is -0.466 e. The van der Waals surface area contributed by atoms with Gasteiger partial charge < -0.3 is 4.74 Å². The van der Waals surface area contributed by atoms with E-state index in [1.165, 1.54) is 19.3 Å². The summed E-state index contributed by atoms with van der Waals surface area (Å²) in [6.07, 6.45) is 6.10. The van der Waals surface area contributed by atoms with Crippen LogP contribution in [0.4, 0.5) is 0 Å². The summed E-state index contributed by atoms with van der Waals surface area (Å²) >= 11 is 0. The number of nitrogens with one attached hydrogen (secondary N) is 1. The van der Waals surface area contributed by atoms with Crippen LogP contribution < -0.4 is 5.32 Å². The summed E-state index contributed by atoms with van der Waals surface area (Å²) in [7, 11) is 0. The van der Waals surface area contributed by atoms with Crippen LogP contribution in [0.1, 0.15) is 45.4 Å². The van der Waals surface area contributed by atoms with Crippen LogP contribution in [0.2, 0.25) is 0 Å². The predicted octanol–water partition coefficient (Wildman–Crippen LogP) is 1.75. The standard InChI is InChI=1S/C12H20N2O2/c1-2-16-12(15)8-11(9-13)14-10-6-4-3-5-7-10/h10-11,14H,2-8H2,1H3. The third kappa shape index (κ3) is 4.63. The molecule has 0 bridgehead atoms. The lowest BCUT2D eigenvalue weighted by Crippen LogP contribution is -2.40. The van der Waals surface area contributed by atoms with Crippen LogP contribution in [0, 0.1) is 11.3 Å². The van der Waals surface area contributed by atoms with Gasteiger partial charge in [0.2, 0.25) is 0 Å². The molecule has 1 unspecified atom stereocenters. The van der Waals surface area contributed by atoms with Crippen molar-refractivity contribution in [2.75, 3.05) is 6.61 Å². The monoisotopic (exact) mass is 224 g/mol. The van der Waals surface area contributed by atoms with Crippen LogP contribution in [0.5, 0.6) is 0 Å². The van der Waals surface area contributed by atoms with Crippen molar-refractivity contribution in [3.8, 4) is 6.07 Å². The molecule has 0 heterocycles. The van der Waals surface area contributed by atoms with E-state index in [0.29, 0.717) is 12.6 Å². The highest BCUT2D eigenvalue weighted by Crippen LogP contribution is 2.18. The van der Waals surface area contributed by atoms with E-state index in [-0.39, 0.29) is 12.4 Å². The molecule has 90 valence electrons. The minimum absolute atomic E-state index is 0.154. The first-order chi connectivity index (χ1) is 7.76. The van der Waals surface area contributed by atoms with Crippen molar-refractivity contribution < 1.29 is 9.53 Å². The molecule has 0 aromatic heterocycles. The summed E-state index contributed by atoms with van der Waals surface area (Å²) in [4.78, 5) is 11.2. The second-order valence-electron chi connectivity index (χ2n) is 4.19. The Bertz CT molecular complexity index is 254. The summed E-state index contributed by atoms with van der Waals surface area (Å²) in [6, 6.07) is 2.12. The van der Waals surface area contributed by atoms with Gasteiger partial charge in [0, 0.05) is 6.04 Å². The Hall–Kier alpha value is -1.08. The first-order valence-electron chi connectivity index (χ1n) is 6.07. The molecule has 1 aliphatic rings. The van der Waals surface area contributed by atoms with Crippen LogP contribution in [-0.2, 0) is 9.53 Å². The number of rotatable bonds is 5. The van der Waals surface area contributed by atoms with E-state index in [9.17, 15) is 4.79 Å². The molecule has 1 atom stereocenters. The number of nitrogens with zero attached hydrogens (tertiary/aromatic N) is 1. The van der Waals surface area contributed by atoms with Crippen LogP contribution in [0.25, 0.3) is 0 Å². The maximum atomic E-state index is 11.2. The van der Waals surface area contributed by atoms with Crippen molar-refractivity contribution in [1.82, 2.24) is 5.32 Å².